The van der Waals surface area contributed by atoms with Gasteiger partial charge in [0.2, 0.25) is 10.0 Å². The van der Waals surface area contributed by atoms with E-state index in [2.05, 4.69) is 15.6 Å². The molecule has 1 aromatic rings. The van der Waals surface area contributed by atoms with E-state index < -0.39 is 10.0 Å². The molecule has 1 aliphatic rings. The minimum Gasteiger partial charge on any atom is -0.379 e. The third-order valence-electron chi connectivity index (χ3n) is 3.69. The Morgan fingerprint density at radius 3 is 2.50 bits per heavy atom. The van der Waals surface area contributed by atoms with Gasteiger partial charge in [-0.2, -0.15) is 4.31 Å². The van der Waals surface area contributed by atoms with Crippen molar-refractivity contribution in [2.24, 2.45) is 4.99 Å². The van der Waals surface area contributed by atoms with Gasteiger partial charge in [0.15, 0.2) is 5.96 Å². The first-order valence-corrected chi connectivity index (χ1v) is 9.94. The SMILES string of the molecule is CCNC(=NCc1ccc(F)cc1)NCCS(=O)(=O)N1CCOCC1.I. The normalized spacial score (nSPS) is 16.0. The smallest absolute Gasteiger partial charge is 0.215 e. The van der Waals surface area contributed by atoms with Gasteiger partial charge in [-0.15, -0.1) is 24.0 Å². The molecule has 10 heteroatoms. The molecular formula is C16H26FIN4O3S. The van der Waals surface area contributed by atoms with E-state index >= 15 is 0 Å². The van der Waals surface area contributed by atoms with Gasteiger partial charge in [0.25, 0.3) is 0 Å². The number of nitrogens with zero attached hydrogens (tertiary/aromatic N) is 2. The molecule has 1 aliphatic heterocycles. The molecule has 0 aromatic heterocycles. The minimum atomic E-state index is -3.30. The van der Waals surface area contributed by atoms with Gasteiger partial charge in [0, 0.05) is 26.2 Å². The van der Waals surface area contributed by atoms with Crippen LogP contribution in [0.1, 0.15) is 12.5 Å². The number of halogens is 2. The zero-order valence-corrected chi connectivity index (χ0v) is 17.9. The molecule has 1 fully saturated rings. The van der Waals surface area contributed by atoms with E-state index in [9.17, 15) is 12.8 Å². The van der Waals surface area contributed by atoms with Crippen LogP contribution >= 0.6 is 24.0 Å². The highest BCUT2D eigenvalue weighted by Gasteiger charge is 2.23. The molecule has 0 atom stereocenters. The highest BCUT2D eigenvalue weighted by Crippen LogP contribution is 2.05. The maximum Gasteiger partial charge on any atom is 0.215 e. The summed E-state index contributed by atoms with van der Waals surface area (Å²) in [6.07, 6.45) is 0. The summed E-state index contributed by atoms with van der Waals surface area (Å²) in [4.78, 5) is 4.39. The summed E-state index contributed by atoms with van der Waals surface area (Å²) in [6, 6.07) is 6.12. The number of ether oxygens (including phenoxy) is 1. The third kappa shape index (κ3) is 7.72. The first kappa shape index (κ1) is 23.1. The van der Waals surface area contributed by atoms with Crippen molar-refractivity contribution in [3.63, 3.8) is 0 Å². The van der Waals surface area contributed by atoms with Crippen LogP contribution in [0.2, 0.25) is 0 Å². The van der Waals surface area contributed by atoms with Crippen LogP contribution in [-0.2, 0) is 21.3 Å². The summed E-state index contributed by atoms with van der Waals surface area (Å²) < 4.78 is 44.1. The van der Waals surface area contributed by atoms with Crippen molar-refractivity contribution in [2.45, 2.75) is 13.5 Å². The van der Waals surface area contributed by atoms with Crippen molar-refractivity contribution in [3.05, 3.63) is 35.6 Å². The van der Waals surface area contributed by atoms with Crippen LogP contribution < -0.4 is 10.6 Å². The van der Waals surface area contributed by atoms with Crippen molar-refractivity contribution in [1.29, 1.82) is 0 Å². The van der Waals surface area contributed by atoms with Crippen LogP contribution in [0.4, 0.5) is 4.39 Å². The Hall–Kier alpha value is -0.980. The monoisotopic (exact) mass is 500 g/mol. The van der Waals surface area contributed by atoms with Crippen molar-refractivity contribution in [3.8, 4) is 0 Å². The van der Waals surface area contributed by atoms with Crippen molar-refractivity contribution in [2.75, 3.05) is 45.1 Å². The summed E-state index contributed by atoms with van der Waals surface area (Å²) >= 11 is 0. The predicted octanol–water partition coefficient (Wildman–Crippen LogP) is 1.16. The Balaban J connectivity index is 0.00000338. The molecule has 148 valence electrons. The van der Waals surface area contributed by atoms with Gasteiger partial charge in [-0.25, -0.2) is 17.8 Å². The highest BCUT2D eigenvalue weighted by molar-refractivity contribution is 14.0. The second-order valence-corrected chi connectivity index (χ2v) is 7.66. The minimum absolute atomic E-state index is 0. The summed E-state index contributed by atoms with van der Waals surface area (Å²) in [5.41, 5.74) is 0.875. The summed E-state index contributed by atoms with van der Waals surface area (Å²) in [5, 5.41) is 6.09. The molecule has 0 bridgehead atoms. The average Bonchev–Trinajstić information content (AvgIpc) is 2.61. The van der Waals surface area contributed by atoms with Crippen LogP contribution in [0.25, 0.3) is 0 Å². The number of hydrogen-bond donors (Lipinski definition) is 2. The molecule has 2 rings (SSSR count). The molecule has 0 unspecified atom stereocenters. The van der Waals surface area contributed by atoms with Gasteiger partial charge in [0.05, 0.1) is 25.5 Å². The van der Waals surface area contributed by atoms with Crippen LogP contribution in [-0.4, -0.2) is 63.8 Å². The summed E-state index contributed by atoms with van der Waals surface area (Å²) in [6.45, 7) is 4.91. The fourth-order valence-corrected chi connectivity index (χ4v) is 3.68. The Kier molecular flexibility index (Phi) is 10.4. The van der Waals surface area contributed by atoms with Gasteiger partial charge in [-0.05, 0) is 24.6 Å². The Morgan fingerprint density at radius 2 is 1.88 bits per heavy atom. The molecule has 1 aromatic carbocycles. The van der Waals surface area contributed by atoms with Crippen molar-refractivity contribution in [1.82, 2.24) is 14.9 Å². The van der Waals surface area contributed by atoms with Gasteiger partial charge >= 0.3 is 0 Å². The van der Waals surface area contributed by atoms with Gasteiger partial charge in [0.1, 0.15) is 5.82 Å². The second-order valence-electron chi connectivity index (χ2n) is 5.58. The van der Waals surface area contributed by atoms with E-state index in [0.29, 0.717) is 45.4 Å². The standard InChI is InChI=1S/C16H25FN4O3S.HI/c1-2-18-16(20-13-14-3-5-15(17)6-4-14)19-7-12-25(22,23)21-8-10-24-11-9-21;/h3-6H,2,7-13H2,1H3,(H2,18,19,20);1H. The molecule has 0 amide bonds. The zero-order chi connectivity index (χ0) is 18.1. The van der Waals surface area contributed by atoms with Gasteiger partial charge < -0.3 is 15.4 Å². The quantitative estimate of drug-likeness (QED) is 0.334. The largest absolute Gasteiger partial charge is 0.379 e. The van der Waals surface area contributed by atoms with Gasteiger partial charge in [-0.1, -0.05) is 12.1 Å². The molecule has 0 radical (unpaired) electrons. The molecular weight excluding hydrogens is 474 g/mol. The lowest BCUT2D eigenvalue weighted by Gasteiger charge is -2.26. The number of hydrogen-bond acceptors (Lipinski definition) is 4. The predicted molar refractivity (Wildman–Crippen MR) is 111 cm³/mol. The number of morpholine rings is 1. The summed E-state index contributed by atoms with van der Waals surface area (Å²) in [7, 11) is -3.30. The second kappa shape index (κ2) is 11.7. The van der Waals surface area contributed by atoms with E-state index in [1.165, 1.54) is 16.4 Å². The molecule has 0 aliphatic carbocycles. The number of aliphatic imine (C=N–C) groups is 1. The molecule has 2 N–H and O–H groups in total. The van der Waals surface area contributed by atoms with Gasteiger partial charge in [-0.3, -0.25) is 0 Å². The molecule has 0 saturated carbocycles. The lowest BCUT2D eigenvalue weighted by molar-refractivity contribution is 0.0730. The molecule has 0 spiro atoms. The number of rotatable bonds is 7. The summed E-state index contributed by atoms with van der Waals surface area (Å²) in [5.74, 6) is 0.239. The van der Waals surface area contributed by atoms with E-state index in [1.807, 2.05) is 6.92 Å². The topological polar surface area (TPSA) is 83.0 Å². The van der Waals surface area contributed by atoms with Crippen LogP contribution in [0.5, 0.6) is 0 Å². The number of sulfonamides is 1. The third-order valence-corrected chi connectivity index (χ3v) is 5.57. The van der Waals surface area contributed by atoms with E-state index in [4.69, 9.17) is 4.74 Å². The fourth-order valence-electron chi connectivity index (χ4n) is 2.35. The number of benzene rings is 1. The maximum absolute atomic E-state index is 12.9. The van der Waals surface area contributed by atoms with E-state index in [0.717, 1.165) is 5.56 Å². The van der Waals surface area contributed by atoms with Crippen LogP contribution in [0, 0.1) is 5.82 Å². The maximum atomic E-state index is 12.9. The zero-order valence-electron chi connectivity index (χ0n) is 14.8. The molecule has 1 heterocycles. The first-order valence-electron chi connectivity index (χ1n) is 8.33. The lowest BCUT2D eigenvalue weighted by atomic mass is 10.2. The Bertz CT molecular complexity index is 665. The van der Waals surface area contributed by atoms with E-state index in [-0.39, 0.29) is 42.1 Å². The average molecular weight is 500 g/mol. The number of guanidine groups is 1. The molecule has 1 saturated heterocycles. The molecule has 26 heavy (non-hydrogen) atoms. The van der Waals surface area contributed by atoms with E-state index in [1.54, 1.807) is 12.1 Å². The highest BCUT2D eigenvalue weighted by atomic mass is 127. The fraction of sp³-hybridized carbons (Fsp3) is 0.562. The first-order chi connectivity index (χ1) is 12.0. The number of nitrogens with one attached hydrogen (secondary N) is 2. The van der Waals surface area contributed by atoms with Crippen LogP contribution in [0.15, 0.2) is 29.3 Å². The van der Waals surface area contributed by atoms with Crippen LogP contribution in [0.3, 0.4) is 0 Å². The van der Waals surface area contributed by atoms with Crippen molar-refractivity contribution < 1.29 is 17.5 Å². The Morgan fingerprint density at radius 1 is 1.23 bits per heavy atom. The lowest BCUT2D eigenvalue weighted by Crippen LogP contribution is -2.45. The van der Waals surface area contributed by atoms with Crippen molar-refractivity contribution >= 4 is 40.0 Å². The molecule has 7 nitrogen and oxygen atoms in total. The Labute approximate surface area is 171 Å².